The molecule has 6 nitrogen and oxygen atoms in total. The SMILES string of the molecule is OCC1(CO)CCCN(Cc2cnc3c(-c4ccccc4)cnn3c2)C1. The minimum Gasteiger partial charge on any atom is -0.396 e. The first kappa shape index (κ1) is 17.1. The molecule has 0 bridgehead atoms. The molecule has 2 N–H and O–H groups in total. The molecular weight excluding hydrogens is 328 g/mol. The van der Waals surface area contributed by atoms with Crippen LogP contribution in [0, 0.1) is 5.41 Å². The van der Waals surface area contributed by atoms with Gasteiger partial charge >= 0.3 is 0 Å². The van der Waals surface area contributed by atoms with Crippen molar-refractivity contribution in [3.63, 3.8) is 0 Å². The Morgan fingerprint density at radius 1 is 1.08 bits per heavy atom. The lowest BCUT2D eigenvalue weighted by Gasteiger charge is -2.40. The first-order valence-corrected chi connectivity index (χ1v) is 9.05. The Labute approximate surface area is 152 Å². The number of likely N-dealkylation sites (tertiary alicyclic amines) is 1. The Morgan fingerprint density at radius 3 is 2.65 bits per heavy atom. The Morgan fingerprint density at radius 2 is 1.88 bits per heavy atom. The van der Waals surface area contributed by atoms with Crippen LogP contribution in [-0.4, -0.2) is 56.0 Å². The number of rotatable bonds is 5. The summed E-state index contributed by atoms with van der Waals surface area (Å²) < 4.78 is 1.83. The second-order valence-corrected chi connectivity index (χ2v) is 7.29. The summed E-state index contributed by atoms with van der Waals surface area (Å²) in [5.41, 5.74) is 3.66. The van der Waals surface area contributed by atoms with Gasteiger partial charge in [-0.05, 0) is 24.9 Å². The molecule has 1 aromatic carbocycles. The highest BCUT2D eigenvalue weighted by Gasteiger charge is 2.34. The molecule has 0 saturated carbocycles. The molecule has 0 spiro atoms. The van der Waals surface area contributed by atoms with Crippen molar-refractivity contribution in [1.82, 2.24) is 19.5 Å². The summed E-state index contributed by atoms with van der Waals surface area (Å²) in [6, 6.07) is 10.1. The molecule has 26 heavy (non-hydrogen) atoms. The number of hydrogen-bond donors (Lipinski definition) is 2. The normalized spacial score (nSPS) is 17.6. The van der Waals surface area contributed by atoms with Gasteiger partial charge in [-0.2, -0.15) is 5.10 Å². The zero-order valence-corrected chi connectivity index (χ0v) is 14.8. The maximum atomic E-state index is 9.66. The predicted octanol–water partition coefficient (Wildman–Crippen LogP) is 1.96. The second-order valence-electron chi connectivity index (χ2n) is 7.29. The molecule has 0 amide bonds. The number of fused-ring (bicyclic) bond motifs is 1. The van der Waals surface area contributed by atoms with Crippen molar-refractivity contribution in [3.05, 3.63) is 54.5 Å². The Bertz CT molecular complexity index is 874. The third kappa shape index (κ3) is 3.23. The van der Waals surface area contributed by atoms with E-state index in [1.807, 2.05) is 41.3 Å². The lowest BCUT2D eigenvalue weighted by Crippen LogP contribution is -2.47. The number of piperidine rings is 1. The lowest BCUT2D eigenvalue weighted by atomic mass is 9.81. The number of aliphatic hydroxyl groups excluding tert-OH is 2. The van der Waals surface area contributed by atoms with Crippen LogP contribution < -0.4 is 0 Å². The highest BCUT2D eigenvalue weighted by molar-refractivity contribution is 5.76. The summed E-state index contributed by atoms with van der Waals surface area (Å²) in [6.45, 7) is 2.46. The minimum atomic E-state index is -0.387. The molecule has 0 radical (unpaired) electrons. The molecule has 1 saturated heterocycles. The van der Waals surface area contributed by atoms with Gasteiger partial charge in [-0.25, -0.2) is 9.50 Å². The number of aromatic nitrogens is 3. The topological polar surface area (TPSA) is 73.9 Å². The van der Waals surface area contributed by atoms with Crippen molar-refractivity contribution in [2.75, 3.05) is 26.3 Å². The predicted molar refractivity (Wildman–Crippen MR) is 99.5 cm³/mol. The summed E-state index contributed by atoms with van der Waals surface area (Å²) in [5, 5.41) is 23.8. The van der Waals surface area contributed by atoms with E-state index >= 15 is 0 Å². The van der Waals surface area contributed by atoms with Crippen molar-refractivity contribution < 1.29 is 10.2 Å². The maximum absolute atomic E-state index is 9.66. The average Bonchev–Trinajstić information content (AvgIpc) is 3.12. The summed E-state index contributed by atoms with van der Waals surface area (Å²) >= 11 is 0. The van der Waals surface area contributed by atoms with E-state index in [9.17, 15) is 10.2 Å². The Balaban J connectivity index is 1.55. The summed E-state index contributed by atoms with van der Waals surface area (Å²) in [4.78, 5) is 6.91. The van der Waals surface area contributed by atoms with Crippen LogP contribution in [0.25, 0.3) is 16.8 Å². The molecule has 1 aliphatic rings. The molecule has 3 aromatic rings. The molecular formula is C20H24N4O2. The second kappa shape index (κ2) is 7.15. The molecule has 2 aromatic heterocycles. The zero-order chi connectivity index (χ0) is 18.0. The fraction of sp³-hybridized carbons (Fsp3) is 0.400. The Kier molecular flexibility index (Phi) is 4.72. The van der Waals surface area contributed by atoms with Gasteiger partial charge in [0, 0.05) is 42.0 Å². The molecule has 1 aliphatic heterocycles. The van der Waals surface area contributed by atoms with Gasteiger partial charge in [0.05, 0.1) is 19.4 Å². The van der Waals surface area contributed by atoms with Crippen LogP contribution in [-0.2, 0) is 6.54 Å². The van der Waals surface area contributed by atoms with Gasteiger partial charge in [-0.1, -0.05) is 30.3 Å². The maximum Gasteiger partial charge on any atom is 0.162 e. The molecule has 0 atom stereocenters. The Hall–Kier alpha value is -2.28. The minimum absolute atomic E-state index is 0.0247. The van der Waals surface area contributed by atoms with E-state index in [1.54, 1.807) is 0 Å². The monoisotopic (exact) mass is 352 g/mol. The molecule has 4 rings (SSSR count). The van der Waals surface area contributed by atoms with Gasteiger partial charge in [0.1, 0.15) is 0 Å². The third-order valence-electron chi connectivity index (χ3n) is 5.31. The summed E-state index contributed by atoms with van der Waals surface area (Å²) in [6.07, 6.45) is 7.62. The zero-order valence-electron chi connectivity index (χ0n) is 14.8. The van der Waals surface area contributed by atoms with Gasteiger partial charge in [0.2, 0.25) is 0 Å². The standard InChI is InChI=1S/C20H24N4O2/c25-14-20(15-26)7-4-8-23(13-20)11-16-9-21-19-18(10-22-24(19)12-16)17-5-2-1-3-6-17/h1-3,5-6,9-10,12,25-26H,4,7-8,11,13-15H2. The van der Waals surface area contributed by atoms with Gasteiger partial charge in [0.15, 0.2) is 5.65 Å². The van der Waals surface area contributed by atoms with Crippen LogP contribution in [0.15, 0.2) is 48.9 Å². The smallest absolute Gasteiger partial charge is 0.162 e. The molecule has 136 valence electrons. The van der Waals surface area contributed by atoms with Crippen molar-refractivity contribution in [1.29, 1.82) is 0 Å². The van der Waals surface area contributed by atoms with Crippen molar-refractivity contribution in [2.45, 2.75) is 19.4 Å². The third-order valence-corrected chi connectivity index (χ3v) is 5.31. The van der Waals surface area contributed by atoms with Crippen LogP contribution in [0.5, 0.6) is 0 Å². The molecule has 0 unspecified atom stereocenters. The van der Waals surface area contributed by atoms with E-state index in [1.165, 1.54) is 0 Å². The van der Waals surface area contributed by atoms with E-state index in [4.69, 9.17) is 0 Å². The first-order chi connectivity index (χ1) is 12.7. The largest absolute Gasteiger partial charge is 0.396 e. The van der Waals surface area contributed by atoms with Crippen LogP contribution >= 0.6 is 0 Å². The van der Waals surface area contributed by atoms with Gasteiger partial charge in [-0.15, -0.1) is 0 Å². The first-order valence-electron chi connectivity index (χ1n) is 9.05. The molecule has 0 aliphatic carbocycles. The number of aliphatic hydroxyl groups is 2. The average molecular weight is 352 g/mol. The van der Waals surface area contributed by atoms with Crippen molar-refractivity contribution in [2.24, 2.45) is 5.41 Å². The highest BCUT2D eigenvalue weighted by Crippen LogP contribution is 2.30. The van der Waals surface area contributed by atoms with Crippen LogP contribution in [0.3, 0.4) is 0 Å². The van der Waals surface area contributed by atoms with E-state index < -0.39 is 0 Å². The van der Waals surface area contributed by atoms with E-state index in [0.717, 1.165) is 48.3 Å². The molecule has 1 fully saturated rings. The van der Waals surface area contributed by atoms with E-state index in [0.29, 0.717) is 6.54 Å². The summed E-state index contributed by atoms with van der Waals surface area (Å²) in [5.74, 6) is 0. The van der Waals surface area contributed by atoms with Crippen LogP contribution in [0.1, 0.15) is 18.4 Å². The van der Waals surface area contributed by atoms with Crippen molar-refractivity contribution >= 4 is 5.65 Å². The van der Waals surface area contributed by atoms with E-state index in [2.05, 4.69) is 27.1 Å². The van der Waals surface area contributed by atoms with Crippen molar-refractivity contribution in [3.8, 4) is 11.1 Å². The highest BCUT2D eigenvalue weighted by atomic mass is 16.3. The van der Waals surface area contributed by atoms with Gasteiger partial charge in [-0.3, -0.25) is 4.90 Å². The van der Waals surface area contributed by atoms with E-state index in [-0.39, 0.29) is 18.6 Å². The van der Waals surface area contributed by atoms with Crippen LogP contribution in [0.4, 0.5) is 0 Å². The number of nitrogens with zero attached hydrogens (tertiary/aromatic N) is 4. The van der Waals surface area contributed by atoms with Gasteiger partial charge < -0.3 is 10.2 Å². The molecule has 3 heterocycles. The number of benzene rings is 1. The fourth-order valence-electron chi connectivity index (χ4n) is 3.83. The molecule has 6 heteroatoms. The fourth-order valence-corrected chi connectivity index (χ4v) is 3.83. The lowest BCUT2D eigenvalue weighted by molar-refractivity contribution is -0.0132. The number of hydrogen-bond acceptors (Lipinski definition) is 5. The van der Waals surface area contributed by atoms with Gasteiger partial charge in [0.25, 0.3) is 0 Å². The quantitative estimate of drug-likeness (QED) is 0.734. The van der Waals surface area contributed by atoms with Crippen LogP contribution in [0.2, 0.25) is 0 Å². The summed E-state index contributed by atoms with van der Waals surface area (Å²) in [7, 11) is 0.